The van der Waals surface area contributed by atoms with E-state index in [0.29, 0.717) is 13.0 Å². The van der Waals surface area contributed by atoms with Crippen molar-refractivity contribution in [2.75, 3.05) is 13.7 Å². The fraction of sp³-hybridized carbons (Fsp3) is 0.235. The molecular weight excluding hydrogens is 346 g/mol. The topological polar surface area (TPSA) is 47.6 Å². The lowest BCUT2D eigenvalue weighted by atomic mass is 10.1. The highest BCUT2D eigenvalue weighted by Gasteiger charge is 2.06. The Bertz CT molecular complexity index is 617. The summed E-state index contributed by atoms with van der Waals surface area (Å²) >= 11 is 3.43. The van der Waals surface area contributed by atoms with E-state index in [2.05, 4.69) is 21.2 Å². The quantitative estimate of drug-likeness (QED) is 0.845. The summed E-state index contributed by atoms with van der Waals surface area (Å²) in [5.41, 5.74) is 1.99. The number of ether oxygens (including phenoxy) is 2. The molecule has 0 aliphatic carbocycles. The van der Waals surface area contributed by atoms with Gasteiger partial charge < -0.3 is 14.8 Å². The van der Waals surface area contributed by atoms with Crippen LogP contribution in [0, 0.1) is 0 Å². The normalized spacial score (nSPS) is 10.1. The van der Waals surface area contributed by atoms with Gasteiger partial charge in [-0.25, -0.2) is 4.79 Å². The standard InChI is InChI=1S/C17H18BrNO3/c1-21-16-8-7-15(18)11-14(16)9-10-19-17(20)22-12-13-5-3-2-4-6-13/h2-8,11H,9-10,12H2,1H3,(H,19,20). The Hall–Kier alpha value is -2.01. The highest BCUT2D eigenvalue weighted by Crippen LogP contribution is 2.23. The van der Waals surface area contributed by atoms with Gasteiger partial charge in [0.2, 0.25) is 0 Å². The van der Waals surface area contributed by atoms with Gasteiger partial charge in [-0.05, 0) is 35.7 Å². The first-order valence-corrected chi connectivity index (χ1v) is 7.75. The maximum absolute atomic E-state index is 11.7. The predicted octanol–water partition coefficient (Wildman–Crippen LogP) is 3.93. The van der Waals surface area contributed by atoms with E-state index < -0.39 is 6.09 Å². The molecule has 2 rings (SSSR count). The van der Waals surface area contributed by atoms with E-state index in [9.17, 15) is 4.79 Å². The molecular formula is C17H18BrNO3. The molecule has 0 unspecified atom stereocenters. The molecule has 116 valence electrons. The Labute approximate surface area is 138 Å². The molecule has 5 heteroatoms. The van der Waals surface area contributed by atoms with Gasteiger partial charge >= 0.3 is 6.09 Å². The summed E-state index contributed by atoms with van der Waals surface area (Å²) in [4.78, 5) is 11.7. The largest absolute Gasteiger partial charge is 0.496 e. The van der Waals surface area contributed by atoms with Crippen molar-refractivity contribution in [3.63, 3.8) is 0 Å². The van der Waals surface area contributed by atoms with Crippen LogP contribution in [0.2, 0.25) is 0 Å². The average molecular weight is 364 g/mol. The second kappa shape index (κ2) is 8.44. The van der Waals surface area contributed by atoms with E-state index in [0.717, 1.165) is 21.3 Å². The van der Waals surface area contributed by atoms with Crippen molar-refractivity contribution in [2.24, 2.45) is 0 Å². The summed E-state index contributed by atoms with van der Waals surface area (Å²) in [6, 6.07) is 15.4. The molecule has 0 radical (unpaired) electrons. The molecule has 0 aromatic heterocycles. The lowest BCUT2D eigenvalue weighted by Crippen LogP contribution is -2.26. The Kier molecular flexibility index (Phi) is 6.27. The number of hydrogen-bond acceptors (Lipinski definition) is 3. The van der Waals surface area contributed by atoms with Crippen LogP contribution in [-0.4, -0.2) is 19.7 Å². The van der Waals surface area contributed by atoms with Crippen LogP contribution in [-0.2, 0) is 17.8 Å². The van der Waals surface area contributed by atoms with Gasteiger partial charge in [0, 0.05) is 11.0 Å². The van der Waals surface area contributed by atoms with Crippen LogP contribution in [0.25, 0.3) is 0 Å². The second-order valence-corrected chi connectivity index (χ2v) is 5.61. The van der Waals surface area contributed by atoms with Crippen LogP contribution in [0.5, 0.6) is 5.75 Å². The molecule has 0 saturated carbocycles. The van der Waals surface area contributed by atoms with Crippen molar-refractivity contribution in [3.05, 3.63) is 64.1 Å². The van der Waals surface area contributed by atoms with Crippen LogP contribution in [0.1, 0.15) is 11.1 Å². The lowest BCUT2D eigenvalue weighted by molar-refractivity contribution is 0.140. The predicted molar refractivity (Wildman–Crippen MR) is 89.0 cm³/mol. The summed E-state index contributed by atoms with van der Waals surface area (Å²) in [5.74, 6) is 0.808. The number of methoxy groups -OCH3 is 1. The Morgan fingerprint density at radius 1 is 1.18 bits per heavy atom. The summed E-state index contributed by atoms with van der Waals surface area (Å²) in [6.45, 7) is 0.757. The molecule has 2 aromatic rings. The van der Waals surface area contributed by atoms with Gasteiger partial charge in [-0.3, -0.25) is 0 Å². The van der Waals surface area contributed by atoms with Crippen LogP contribution in [0.15, 0.2) is 53.0 Å². The number of carbonyl (C=O) groups excluding carboxylic acids is 1. The smallest absolute Gasteiger partial charge is 0.407 e. The minimum absolute atomic E-state index is 0.271. The van der Waals surface area contributed by atoms with Gasteiger partial charge in [0.25, 0.3) is 0 Å². The number of rotatable bonds is 6. The maximum atomic E-state index is 11.7. The maximum Gasteiger partial charge on any atom is 0.407 e. The molecule has 0 saturated heterocycles. The molecule has 2 aromatic carbocycles. The van der Waals surface area contributed by atoms with E-state index in [1.807, 2.05) is 48.5 Å². The fourth-order valence-electron chi connectivity index (χ4n) is 2.02. The third-order valence-corrected chi connectivity index (χ3v) is 3.61. The molecule has 0 heterocycles. The summed E-state index contributed by atoms with van der Waals surface area (Å²) in [7, 11) is 1.63. The van der Waals surface area contributed by atoms with Crippen LogP contribution >= 0.6 is 15.9 Å². The number of nitrogens with one attached hydrogen (secondary N) is 1. The molecule has 0 aliphatic rings. The number of alkyl carbamates (subject to hydrolysis) is 1. The zero-order valence-corrected chi connectivity index (χ0v) is 13.9. The van der Waals surface area contributed by atoms with Crippen LogP contribution in [0.3, 0.4) is 0 Å². The van der Waals surface area contributed by atoms with Crippen LogP contribution < -0.4 is 10.1 Å². The Morgan fingerprint density at radius 3 is 2.68 bits per heavy atom. The number of amides is 1. The number of hydrogen-bond donors (Lipinski definition) is 1. The Balaban J connectivity index is 1.76. The molecule has 0 atom stereocenters. The first kappa shape index (κ1) is 16.4. The molecule has 0 bridgehead atoms. The summed E-state index contributed by atoms with van der Waals surface area (Å²) in [5, 5.41) is 2.74. The van der Waals surface area contributed by atoms with Gasteiger partial charge in [-0.2, -0.15) is 0 Å². The number of carbonyl (C=O) groups is 1. The lowest BCUT2D eigenvalue weighted by Gasteiger charge is -2.10. The zero-order chi connectivity index (χ0) is 15.8. The third kappa shape index (κ3) is 5.07. The van der Waals surface area contributed by atoms with E-state index in [4.69, 9.17) is 9.47 Å². The van der Waals surface area contributed by atoms with Crippen molar-refractivity contribution >= 4 is 22.0 Å². The molecule has 1 amide bonds. The number of benzene rings is 2. The first-order chi connectivity index (χ1) is 10.7. The van der Waals surface area contributed by atoms with E-state index in [-0.39, 0.29) is 6.61 Å². The van der Waals surface area contributed by atoms with Gasteiger partial charge in [0.05, 0.1) is 7.11 Å². The SMILES string of the molecule is COc1ccc(Br)cc1CCNC(=O)OCc1ccccc1. The summed E-state index contributed by atoms with van der Waals surface area (Å²) < 4.78 is 11.4. The molecule has 0 fully saturated rings. The molecule has 1 N–H and O–H groups in total. The average Bonchev–Trinajstić information content (AvgIpc) is 2.54. The highest BCUT2D eigenvalue weighted by molar-refractivity contribution is 9.10. The highest BCUT2D eigenvalue weighted by atomic mass is 79.9. The molecule has 22 heavy (non-hydrogen) atoms. The van der Waals surface area contributed by atoms with Crippen molar-refractivity contribution in [1.82, 2.24) is 5.32 Å². The zero-order valence-electron chi connectivity index (χ0n) is 12.3. The second-order valence-electron chi connectivity index (χ2n) is 4.69. The molecule has 0 spiro atoms. The molecule has 4 nitrogen and oxygen atoms in total. The molecule has 0 aliphatic heterocycles. The monoisotopic (exact) mass is 363 g/mol. The minimum Gasteiger partial charge on any atom is -0.496 e. The van der Waals surface area contributed by atoms with E-state index in [1.165, 1.54) is 0 Å². The minimum atomic E-state index is -0.419. The van der Waals surface area contributed by atoms with Crippen molar-refractivity contribution in [2.45, 2.75) is 13.0 Å². The fourth-order valence-corrected chi connectivity index (χ4v) is 2.42. The first-order valence-electron chi connectivity index (χ1n) is 6.96. The van der Waals surface area contributed by atoms with Crippen molar-refractivity contribution < 1.29 is 14.3 Å². The van der Waals surface area contributed by atoms with Gasteiger partial charge in [-0.1, -0.05) is 46.3 Å². The van der Waals surface area contributed by atoms with Crippen LogP contribution in [0.4, 0.5) is 4.79 Å². The Morgan fingerprint density at radius 2 is 1.95 bits per heavy atom. The number of halogens is 1. The third-order valence-electron chi connectivity index (χ3n) is 3.12. The van der Waals surface area contributed by atoms with Gasteiger partial charge in [-0.15, -0.1) is 0 Å². The summed E-state index contributed by atoms with van der Waals surface area (Å²) in [6.07, 6.45) is 0.251. The van der Waals surface area contributed by atoms with Crippen molar-refractivity contribution in [1.29, 1.82) is 0 Å². The van der Waals surface area contributed by atoms with Gasteiger partial charge in [0.1, 0.15) is 12.4 Å². The van der Waals surface area contributed by atoms with E-state index >= 15 is 0 Å². The van der Waals surface area contributed by atoms with Crippen molar-refractivity contribution in [3.8, 4) is 5.75 Å². The van der Waals surface area contributed by atoms with Gasteiger partial charge in [0.15, 0.2) is 0 Å². The van der Waals surface area contributed by atoms with E-state index in [1.54, 1.807) is 7.11 Å².